The third kappa shape index (κ3) is 6.67. The number of rotatable bonds is 11. The molecule has 180 valence electrons. The van der Waals surface area contributed by atoms with E-state index < -0.39 is 24.3 Å². The summed E-state index contributed by atoms with van der Waals surface area (Å²) in [5.41, 5.74) is 0.865. The largest absolute Gasteiger partial charge is 0.480 e. The molecule has 10 nitrogen and oxygen atoms in total. The zero-order valence-corrected chi connectivity index (χ0v) is 18.7. The molecule has 33 heavy (non-hydrogen) atoms. The maximum atomic E-state index is 12.9. The molecule has 3 N–H and O–H groups in total. The summed E-state index contributed by atoms with van der Waals surface area (Å²) in [6, 6.07) is 7.91. The summed E-state index contributed by atoms with van der Waals surface area (Å²) in [7, 11) is 0. The van der Waals surface area contributed by atoms with E-state index in [9.17, 15) is 24.3 Å². The van der Waals surface area contributed by atoms with Crippen molar-refractivity contribution >= 4 is 24.4 Å². The molecule has 2 aliphatic rings. The van der Waals surface area contributed by atoms with Crippen LogP contribution in [-0.4, -0.2) is 77.2 Å². The SMILES string of the molecule is O=CN([C@@H]1CCCN1C(=O)[C@@H]1CCCN1)[C@@H](CCCNC(=O)OCc1ccccc1)C(=O)O. The van der Waals surface area contributed by atoms with Gasteiger partial charge >= 0.3 is 12.1 Å². The Hall–Kier alpha value is -3.14. The molecule has 2 aliphatic heterocycles. The van der Waals surface area contributed by atoms with Crippen LogP contribution >= 0.6 is 0 Å². The molecule has 0 radical (unpaired) electrons. The minimum Gasteiger partial charge on any atom is -0.480 e. The number of ether oxygens (including phenoxy) is 1. The minimum absolute atomic E-state index is 0.0752. The Bertz CT molecular complexity index is 814. The van der Waals surface area contributed by atoms with Crippen LogP contribution in [0.5, 0.6) is 0 Å². The van der Waals surface area contributed by atoms with Crippen LogP contribution in [0.15, 0.2) is 30.3 Å². The van der Waals surface area contributed by atoms with Crippen molar-refractivity contribution < 1.29 is 29.0 Å². The highest BCUT2D eigenvalue weighted by Crippen LogP contribution is 2.25. The Labute approximate surface area is 193 Å². The number of amides is 3. The Morgan fingerprint density at radius 2 is 2.03 bits per heavy atom. The van der Waals surface area contributed by atoms with Crippen LogP contribution in [0.4, 0.5) is 4.79 Å². The first kappa shape index (κ1) is 24.5. The minimum atomic E-state index is -1.13. The van der Waals surface area contributed by atoms with Gasteiger partial charge in [-0.05, 0) is 50.6 Å². The lowest BCUT2D eigenvalue weighted by Crippen LogP contribution is -2.56. The number of nitrogens with one attached hydrogen (secondary N) is 2. The smallest absolute Gasteiger partial charge is 0.407 e. The molecule has 0 bridgehead atoms. The van der Waals surface area contributed by atoms with Gasteiger partial charge in [0, 0.05) is 13.1 Å². The Morgan fingerprint density at radius 1 is 1.24 bits per heavy atom. The maximum absolute atomic E-state index is 12.9. The zero-order chi connectivity index (χ0) is 23.6. The summed E-state index contributed by atoms with van der Waals surface area (Å²) in [5.74, 6) is -1.21. The van der Waals surface area contributed by atoms with E-state index in [2.05, 4.69) is 10.6 Å². The maximum Gasteiger partial charge on any atom is 0.407 e. The number of carboxylic acids is 1. The van der Waals surface area contributed by atoms with Gasteiger partial charge in [-0.15, -0.1) is 0 Å². The lowest BCUT2D eigenvalue weighted by molar-refractivity contribution is -0.154. The van der Waals surface area contributed by atoms with Gasteiger partial charge in [0.25, 0.3) is 0 Å². The molecular formula is C23H32N4O6. The number of hydrogen-bond acceptors (Lipinski definition) is 6. The number of nitrogens with zero attached hydrogens (tertiary/aromatic N) is 2. The molecule has 0 aromatic heterocycles. The molecule has 2 heterocycles. The first-order valence-corrected chi connectivity index (χ1v) is 11.4. The summed E-state index contributed by atoms with van der Waals surface area (Å²) >= 11 is 0. The monoisotopic (exact) mass is 460 g/mol. The molecule has 0 saturated carbocycles. The van der Waals surface area contributed by atoms with Crippen LogP contribution in [0.3, 0.4) is 0 Å². The molecule has 2 saturated heterocycles. The van der Waals surface area contributed by atoms with E-state index in [1.165, 1.54) is 4.90 Å². The average molecular weight is 461 g/mol. The van der Waals surface area contributed by atoms with E-state index in [1.54, 1.807) is 4.90 Å². The molecule has 10 heteroatoms. The Morgan fingerprint density at radius 3 is 2.70 bits per heavy atom. The van der Waals surface area contributed by atoms with Crippen LogP contribution in [0.25, 0.3) is 0 Å². The van der Waals surface area contributed by atoms with Gasteiger partial charge in [0.05, 0.1) is 6.04 Å². The second-order valence-corrected chi connectivity index (χ2v) is 8.34. The van der Waals surface area contributed by atoms with Gasteiger partial charge in [-0.1, -0.05) is 30.3 Å². The first-order chi connectivity index (χ1) is 16.0. The van der Waals surface area contributed by atoms with Crippen molar-refractivity contribution in [2.45, 2.75) is 63.4 Å². The van der Waals surface area contributed by atoms with Crippen molar-refractivity contribution in [3.8, 4) is 0 Å². The van der Waals surface area contributed by atoms with E-state index >= 15 is 0 Å². The highest BCUT2D eigenvalue weighted by Gasteiger charge is 2.40. The van der Waals surface area contributed by atoms with Crippen LogP contribution in [0.2, 0.25) is 0 Å². The van der Waals surface area contributed by atoms with Crippen LogP contribution in [0.1, 0.15) is 44.1 Å². The number of carbonyl (C=O) groups is 4. The molecule has 0 aliphatic carbocycles. The predicted molar refractivity (Wildman–Crippen MR) is 119 cm³/mol. The van der Waals surface area contributed by atoms with Gasteiger partial charge < -0.3 is 30.3 Å². The average Bonchev–Trinajstić information content (AvgIpc) is 3.52. The van der Waals surface area contributed by atoms with Gasteiger partial charge in [0.1, 0.15) is 18.8 Å². The number of hydrogen-bond donors (Lipinski definition) is 3. The van der Waals surface area contributed by atoms with E-state index in [-0.39, 0.29) is 31.5 Å². The molecule has 3 atom stereocenters. The summed E-state index contributed by atoms with van der Waals surface area (Å²) in [6.07, 6.45) is 2.79. The molecule has 2 fully saturated rings. The van der Waals surface area contributed by atoms with Crippen molar-refractivity contribution in [3.63, 3.8) is 0 Å². The summed E-state index contributed by atoms with van der Waals surface area (Å²) in [5, 5.41) is 15.5. The predicted octanol–water partition coefficient (Wildman–Crippen LogP) is 1.31. The van der Waals surface area contributed by atoms with Crippen LogP contribution in [-0.2, 0) is 25.7 Å². The molecule has 0 spiro atoms. The molecule has 0 unspecified atom stereocenters. The van der Waals surface area contributed by atoms with Gasteiger partial charge in [-0.2, -0.15) is 0 Å². The van der Waals surface area contributed by atoms with Crippen molar-refractivity contribution in [2.24, 2.45) is 0 Å². The fraction of sp³-hybridized carbons (Fsp3) is 0.565. The molecule has 1 aromatic rings. The van der Waals surface area contributed by atoms with Gasteiger partial charge in [0.15, 0.2) is 0 Å². The third-order valence-corrected chi connectivity index (χ3v) is 6.11. The highest BCUT2D eigenvalue weighted by molar-refractivity contribution is 5.83. The van der Waals surface area contributed by atoms with E-state index in [4.69, 9.17) is 4.74 Å². The number of alkyl carbamates (subject to hydrolysis) is 1. The van der Waals surface area contributed by atoms with Gasteiger partial charge in [0.2, 0.25) is 12.3 Å². The number of carboxylic acid groups (broad SMARTS) is 1. The summed E-state index contributed by atoms with van der Waals surface area (Å²) in [6.45, 7) is 1.64. The highest BCUT2D eigenvalue weighted by atomic mass is 16.5. The second-order valence-electron chi connectivity index (χ2n) is 8.34. The van der Waals surface area contributed by atoms with E-state index in [0.717, 1.165) is 24.9 Å². The lowest BCUT2D eigenvalue weighted by Gasteiger charge is -2.37. The van der Waals surface area contributed by atoms with Gasteiger partial charge in [-0.25, -0.2) is 9.59 Å². The van der Waals surface area contributed by atoms with Crippen molar-refractivity contribution in [1.82, 2.24) is 20.4 Å². The normalized spacial score (nSPS) is 20.8. The third-order valence-electron chi connectivity index (χ3n) is 6.11. The fourth-order valence-corrected chi connectivity index (χ4v) is 4.42. The molecule has 3 amide bonds. The molecule has 1 aromatic carbocycles. The molecular weight excluding hydrogens is 428 g/mol. The Kier molecular flexibility index (Phi) is 9.05. The number of likely N-dealkylation sites (tertiary alicyclic amines) is 1. The standard InChI is InChI=1S/C23H32N4O6/c28-16-27(20-11-6-14-26(20)21(29)18-9-4-12-24-18)19(22(30)31)10-5-13-25-23(32)33-15-17-7-2-1-3-8-17/h1-3,7-8,16,18-20,24H,4-6,9-15H2,(H,25,32)(H,30,31)/t18-,19-,20+/m0/s1. The quantitative estimate of drug-likeness (QED) is 0.335. The fourth-order valence-electron chi connectivity index (χ4n) is 4.42. The number of aliphatic carboxylic acids is 1. The van der Waals surface area contributed by atoms with Gasteiger partial charge in [-0.3, -0.25) is 9.59 Å². The Balaban J connectivity index is 1.49. The second kappa shape index (κ2) is 12.2. The summed E-state index contributed by atoms with van der Waals surface area (Å²) in [4.78, 5) is 51.5. The zero-order valence-electron chi connectivity index (χ0n) is 18.7. The van der Waals surface area contributed by atoms with E-state index in [0.29, 0.717) is 32.2 Å². The molecule has 3 rings (SSSR count). The number of carbonyl (C=O) groups excluding carboxylic acids is 3. The van der Waals surface area contributed by atoms with Crippen LogP contribution < -0.4 is 10.6 Å². The number of benzene rings is 1. The topological polar surface area (TPSA) is 128 Å². The summed E-state index contributed by atoms with van der Waals surface area (Å²) < 4.78 is 5.14. The first-order valence-electron chi connectivity index (χ1n) is 11.4. The van der Waals surface area contributed by atoms with Crippen LogP contribution in [0, 0.1) is 0 Å². The van der Waals surface area contributed by atoms with Crippen molar-refractivity contribution in [1.29, 1.82) is 0 Å². The lowest BCUT2D eigenvalue weighted by atomic mass is 10.1. The van der Waals surface area contributed by atoms with E-state index in [1.807, 2.05) is 30.3 Å². The van der Waals surface area contributed by atoms with Crippen molar-refractivity contribution in [2.75, 3.05) is 19.6 Å². The van der Waals surface area contributed by atoms with Crippen molar-refractivity contribution in [3.05, 3.63) is 35.9 Å².